The van der Waals surface area contributed by atoms with E-state index >= 15 is 0 Å². The fourth-order valence-electron chi connectivity index (χ4n) is 1.23. The van der Waals surface area contributed by atoms with E-state index < -0.39 is 0 Å². The largest absolute Gasteiger partial charge is 0.290 e. The van der Waals surface area contributed by atoms with Crippen molar-refractivity contribution < 1.29 is 0 Å². The predicted octanol–water partition coefficient (Wildman–Crippen LogP) is 3.23. The Bertz CT molecular complexity index is 479. The number of hydrogen-bond acceptors (Lipinski definition) is 2. The highest BCUT2D eigenvalue weighted by Crippen LogP contribution is 2.16. The fourth-order valence-corrected chi connectivity index (χ4v) is 1.74. The zero-order valence-electron chi connectivity index (χ0n) is 8.11. The number of hydrogen-bond donors (Lipinski definition) is 0. The van der Waals surface area contributed by atoms with Crippen LogP contribution < -0.4 is 0 Å². The number of aryl methyl sites for hydroxylation is 1. The Morgan fingerprint density at radius 1 is 1.40 bits per heavy atom. The minimum absolute atomic E-state index is 0.759. The van der Waals surface area contributed by atoms with Crippen LogP contribution in [0, 0.1) is 6.92 Å². The highest BCUT2D eigenvalue weighted by Gasteiger charge is 2.02. The van der Waals surface area contributed by atoms with E-state index in [1.165, 1.54) is 0 Å². The first-order valence-electron chi connectivity index (χ1n) is 4.43. The van der Waals surface area contributed by atoms with Crippen LogP contribution in [0.15, 0.2) is 29.1 Å². The van der Waals surface area contributed by atoms with Crippen molar-refractivity contribution in [3.63, 3.8) is 0 Å². The molecule has 78 valence electrons. The lowest BCUT2D eigenvalue weighted by atomic mass is 10.4. The minimum atomic E-state index is 0.759. The Morgan fingerprint density at radius 3 is 2.80 bits per heavy atom. The number of nitrogens with zero attached hydrogens (tertiary/aromatic N) is 3. The lowest BCUT2D eigenvalue weighted by Crippen LogP contribution is -1.96. The summed E-state index contributed by atoms with van der Waals surface area (Å²) >= 11 is 6.79. The zero-order valence-corrected chi connectivity index (χ0v) is 11.3. The number of alkyl halides is 1. The number of aromatic nitrogens is 3. The van der Waals surface area contributed by atoms with Crippen molar-refractivity contribution in [1.29, 1.82) is 0 Å². The minimum Gasteiger partial charge on any atom is -0.290 e. The molecule has 15 heavy (non-hydrogen) atoms. The smallest absolute Gasteiger partial charge is 0.138 e. The molecule has 2 aromatic heterocycles. The van der Waals surface area contributed by atoms with Gasteiger partial charge in [0.05, 0.1) is 11.4 Å². The quantitative estimate of drug-likeness (QED) is 0.791. The average Bonchev–Trinajstić information content (AvgIpc) is 2.70. The van der Waals surface area contributed by atoms with Crippen LogP contribution in [0.5, 0.6) is 0 Å². The number of halogens is 2. The van der Waals surface area contributed by atoms with Crippen LogP contribution in [0.2, 0.25) is 0 Å². The van der Waals surface area contributed by atoms with E-state index in [0.29, 0.717) is 0 Å². The summed E-state index contributed by atoms with van der Waals surface area (Å²) in [5.74, 6) is 0.885. The topological polar surface area (TPSA) is 30.7 Å². The Balaban J connectivity index is 2.40. The molecule has 0 saturated heterocycles. The fraction of sp³-hybridized carbons (Fsp3) is 0.200. The molecule has 0 radical (unpaired) electrons. The zero-order chi connectivity index (χ0) is 10.8. The molecule has 5 heteroatoms. The molecule has 2 heterocycles. The highest BCUT2D eigenvalue weighted by molar-refractivity contribution is 9.10. The summed E-state index contributed by atoms with van der Waals surface area (Å²) in [6.07, 6.45) is 3.73. The molecule has 0 aliphatic carbocycles. The standard InChI is InChI=1S/C10H9Br2N3/c1-7-9(12)2-3-10(14-7)15-5-8(4-11)13-6-15/h2-3,5-6H,4H2,1H3. The first-order valence-corrected chi connectivity index (χ1v) is 6.34. The monoisotopic (exact) mass is 329 g/mol. The van der Waals surface area contributed by atoms with E-state index in [2.05, 4.69) is 41.8 Å². The molecule has 0 N–H and O–H groups in total. The predicted molar refractivity (Wildman–Crippen MR) is 66.4 cm³/mol. The van der Waals surface area contributed by atoms with E-state index in [9.17, 15) is 0 Å². The van der Waals surface area contributed by atoms with Crippen LogP contribution >= 0.6 is 31.9 Å². The summed E-state index contributed by atoms with van der Waals surface area (Å²) < 4.78 is 2.93. The van der Waals surface area contributed by atoms with Gasteiger partial charge in [-0.1, -0.05) is 15.9 Å². The molecule has 2 aromatic rings. The summed E-state index contributed by atoms with van der Waals surface area (Å²) in [5, 5.41) is 0.759. The van der Waals surface area contributed by atoms with Gasteiger partial charge in [-0.05, 0) is 35.0 Å². The van der Waals surface area contributed by atoms with E-state index in [-0.39, 0.29) is 0 Å². The second kappa shape index (κ2) is 4.45. The maximum absolute atomic E-state index is 4.45. The molecule has 0 atom stereocenters. The third kappa shape index (κ3) is 2.29. The van der Waals surface area contributed by atoms with Crippen molar-refractivity contribution in [2.75, 3.05) is 0 Å². The van der Waals surface area contributed by atoms with Crippen LogP contribution in [-0.4, -0.2) is 14.5 Å². The van der Waals surface area contributed by atoms with Crippen molar-refractivity contribution >= 4 is 31.9 Å². The van der Waals surface area contributed by atoms with E-state index in [1.54, 1.807) is 6.33 Å². The number of rotatable bonds is 2. The summed E-state index contributed by atoms with van der Waals surface area (Å²) in [6, 6.07) is 3.95. The molecule has 0 aromatic carbocycles. The first-order chi connectivity index (χ1) is 7.20. The Hall–Kier alpha value is -0.680. The molecule has 0 unspecified atom stereocenters. The van der Waals surface area contributed by atoms with Crippen molar-refractivity contribution in [1.82, 2.24) is 14.5 Å². The van der Waals surface area contributed by atoms with Gasteiger partial charge in [-0.25, -0.2) is 9.97 Å². The Morgan fingerprint density at radius 2 is 2.20 bits per heavy atom. The van der Waals surface area contributed by atoms with E-state index in [1.807, 2.05) is 29.8 Å². The van der Waals surface area contributed by atoms with Crippen LogP contribution in [0.4, 0.5) is 0 Å². The van der Waals surface area contributed by atoms with Crippen LogP contribution in [0.1, 0.15) is 11.4 Å². The summed E-state index contributed by atoms with van der Waals surface area (Å²) in [5.41, 5.74) is 1.97. The number of imidazole rings is 1. The molecular weight excluding hydrogens is 322 g/mol. The lowest BCUT2D eigenvalue weighted by Gasteiger charge is -2.03. The van der Waals surface area contributed by atoms with Gasteiger partial charge in [-0.3, -0.25) is 4.57 Å². The molecular formula is C10H9Br2N3. The Labute approximate surface area is 105 Å². The summed E-state index contributed by atoms with van der Waals surface area (Å²) in [4.78, 5) is 8.68. The van der Waals surface area contributed by atoms with Gasteiger partial charge in [0.25, 0.3) is 0 Å². The molecule has 0 aliphatic heterocycles. The normalized spacial score (nSPS) is 10.6. The molecule has 3 nitrogen and oxygen atoms in total. The first kappa shape index (κ1) is 10.8. The van der Waals surface area contributed by atoms with Gasteiger partial charge in [-0.15, -0.1) is 0 Å². The van der Waals surface area contributed by atoms with Crippen LogP contribution in [-0.2, 0) is 5.33 Å². The highest BCUT2D eigenvalue weighted by atomic mass is 79.9. The third-order valence-electron chi connectivity index (χ3n) is 2.04. The van der Waals surface area contributed by atoms with Crippen molar-refractivity contribution in [3.8, 4) is 5.82 Å². The van der Waals surface area contributed by atoms with E-state index in [4.69, 9.17) is 0 Å². The van der Waals surface area contributed by atoms with E-state index in [0.717, 1.165) is 27.0 Å². The van der Waals surface area contributed by atoms with Crippen LogP contribution in [0.25, 0.3) is 5.82 Å². The summed E-state index contributed by atoms with van der Waals surface area (Å²) in [6.45, 7) is 1.97. The van der Waals surface area contributed by atoms with Gasteiger partial charge in [0.15, 0.2) is 0 Å². The van der Waals surface area contributed by atoms with Gasteiger partial charge in [0, 0.05) is 16.0 Å². The second-order valence-corrected chi connectivity index (χ2v) is 4.56. The molecule has 0 fully saturated rings. The summed E-state index contributed by atoms with van der Waals surface area (Å²) in [7, 11) is 0. The number of pyridine rings is 1. The van der Waals surface area contributed by atoms with Crippen molar-refractivity contribution in [2.45, 2.75) is 12.3 Å². The Kier molecular flexibility index (Phi) is 3.21. The van der Waals surface area contributed by atoms with Gasteiger partial charge in [0.2, 0.25) is 0 Å². The molecule has 0 saturated carbocycles. The van der Waals surface area contributed by atoms with Crippen LogP contribution in [0.3, 0.4) is 0 Å². The average molecular weight is 331 g/mol. The van der Waals surface area contributed by atoms with Gasteiger partial charge in [-0.2, -0.15) is 0 Å². The second-order valence-electron chi connectivity index (χ2n) is 3.14. The maximum Gasteiger partial charge on any atom is 0.138 e. The maximum atomic E-state index is 4.45. The molecule has 2 rings (SSSR count). The molecule has 0 amide bonds. The van der Waals surface area contributed by atoms with Gasteiger partial charge in [0.1, 0.15) is 12.1 Å². The van der Waals surface area contributed by atoms with Crippen molar-refractivity contribution in [2.24, 2.45) is 0 Å². The third-order valence-corrected chi connectivity index (χ3v) is 3.46. The molecule has 0 bridgehead atoms. The SMILES string of the molecule is Cc1nc(-n2cnc(CBr)c2)ccc1Br. The molecule has 0 aliphatic rings. The lowest BCUT2D eigenvalue weighted by molar-refractivity contribution is 0.971. The molecule has 0 spiro atoms. The van der Waals surface area contributed by atoms with Crippen molar-refractivity contribution in [3.05, 3.63) is 40.5 Å². The van der Waals surface area contributed by atoms with Gasteiger partial charge >= 0.3 is 0 Å². The van der Waals surface area contributed by atoms with Gasteiger partial charge < -0.3 is 0 Å².